The maximum atomic E-state index is 14.3. The zero-order valence-corrected chi connectivity index (χ0v) is 24.5. The normalized spacial score (nSPS) is 13.0. The molecular weight excluding hydrogens is 576 g/mol. The average molecular weight is 601 g/mol. The zero-order chi connectivity index (χ0) is 30.6. The van der Waals surface area contributed by atoms with E-state index >= 15 is 0 Å². The molecular formula is C36H24O7S. The lowest BCUT2D eigenvalue weighted by Gasteiger charge is -2.23. The molecule has 0 bridgehead atoms. The highest BCUT2D eigenvalue weighted by atomic mass is 32.2. The number of carbonyl (C=O) groups excluding carboxylic acids is 2. The Morgan fingerprint density at radius 2 is 0.909 bits per heavy atom. The van der Waals surface area contributed by atoms with E-state index in [4.69, 9.17) is 14.2 Å². The van der Waals surface area contributed by atoms with Gasteiger partial charge in [0, 0.05) is 10.8 Å². The van der Waals surface area contributed by atoms with E-state index < -0.39 is 21.8 Å². The smallest absolute Gasteiger partial charge is 0.337 e. The molecule has 1 aliphatic rings. The molecule has 6 aromatic carbocycles. The summed E-state index contributed by atoms with van der Waals surface area (Å²) in [6.45, 7) is 0. The van der Waals surface area contributed by atoms with E-state index in [9.17, 15) is 18.0 Å². The van der Waals surface area contributed by atoms with Crippen LogP contribution in [0.2, 0.25) is 0 Å². The Balaban J connectivity index is 1.29. The summed E-state index contributed by atoms with van der Waals surface area (Å²) >= 11 is 0. The van der Waals surface area contributed by atoms with Gasteiger partial charge in [-0.3, -0.25) is 0 Å². The molecule has 8 heteroatoms. The summed E-state index contributed by atoms with van der Waals surface area (Å²) < 4.78 is 44.4. The largest absolute Gasteiger partial charge is 0.465 e. The van der Waals surface area contributed by atoms with Gasteiger partial charge in [0.25, 0.3) is 0 Å². The highest BCUT2D eigenvalue weighted by Crippen LogP contribution is 2.49. The summed E-state index contributed by atoms with van der Waals surface area (Å²) in [6.07, 6.45) is 0. The van der Waals surface area contributed by atoms with Crippen molar-refractivity contribution in [1.29, 1.82) is 0 Å². The predicted molar refractivity (Wildman–Crippen MR) is 167 cm³/mol. The minimum absolute atomic E-state index is 0.130. The maximum absolute atomic E-state index is 14.3. The molecule has 0 aromatic heterocycles. The number of fused-ring (bicyclic) bond motifs is 6. The average Bonchev–Trinajstić information content (AvgIpc) is 3.06. The van der Waals surface area contributed by atoms with Gasteiger partial charge in [-0.05, 0) is 81.6 Å². The van der Waals surface area contributed by atoms with Crippen LogP contribution in [0, 0.1) is 0 Å². The first-order valence-corrected chi connectivity index (χ1v) is 15.2. The van der Waals surface area contributed by atoms with Crippen LogP contribution in [0.5, 0.6) is 11.5 Å². The molecule has 0 N–H and O–H groups in total. The molecule has 216 valence electrons. The van der Waals surface area contributed by atoms with Gasteiger partial charge in [0.15, 0.2) is 0 Å². The number of sulfone groups is 1. The van der Waals surface area contributed by atoms with E-state index in [0.29, 0.717) is 21.9 Å². The van der Waals surface area contributed by atoms with E-state index in [2.05, 4.69) is 0 Å². The second-order valence-electron chi connectivity index (χ2n) is 10.4. The Labute approximate surface area is 253 Å². The van der Waals surface area contributed by atoms with E-state index in [1.54, 1.807) is 48.5 Å². The molecule has 0 saturated heterocycles. The van der Waals surface area contributed by atoms with E-state index in [1.165, 1.54) is 14.2 Å². The molecule has 0 radical (unpaired) electrons. The van der Waals surface area contributed by atoms with Gasteiger partial charge in [-0.25, -0.2) is 18.0 Å². The van der Waals surface area contributed by atoms with Gasteiger partial charge in [0.05, 0.1) is 25.3 Å². The number of methoxy groups -OCH3 is 2. The minimum atomic E-state index is -3.97. The van der Waals surface area contributed by atoms with Crippen LogP contribution in [0.15, 0.2) is 119 Å². The quantitative estimate of drug-likeness (QED) is 0.190. The second-order valence-corrected chi connectivity index (χ2v) is 12.2. The minimum Gasteiger partial charge on any atom is -0.465 e. The number of hydrogen-bond acceptors (Lipinski definition) is 7. The molecule has 0 atom stereocenters. The summed E-state index contributed by atoms with van der Waals surface area (Å²) in [7, 11) is -1.30. The molecule has 0 spiro atoms. The number of benzene rings is 6. The van der Waals surface area contributed by atoms with Crippen LogP contribution in [0.25, 0.3) is 43.8 Å². The van der Waals surface area contributed by atoms with Crippen molar-refractivity contribution in [2.75, 3.05) is 14.2 Å². The highest BCUT2D eigenvalue weighted by Gasteiger charge is 2.35. The first kappa shape index (κ1) is 27.4. The molecule has 7 rings (SSSR count). The zero-order valence-electron chi connectivity index (χ0n) is 23.7. The van der Waals surface area contributed by atoms with Crippen molar-refractivity contribution in [2.24, 2.45) is 0 Å². The van der Waals surface area contributed by atoms with E-state index in [1.807, 2.05) is 60.7 Å². The lowest BCUT2D eigenvalue weighted by atomic mass is 9.99. The highest BCUT2D eigenvalue weighted by molar-refractivity contribution is 7.92. The van der Waals surface area contributed by atoms with Crippen molar-refractivity contribution in [3.05, 3.63) is 120 Å². The third kappa shape index (κ3) is 4.39. The van der Waals surface area contributed by atoms with Crippen LogP contribution in [0.3, 0.4) is 0 Å². The summed E-state index contributed by atoms with van der Waals surface area (Å²) in [6, 6.07) is 32.3. The lowest BCUT2D eigenvalue weighted by Crippen LogP contribution is -2.12. The van der Waals surface area contributed by atoms with Crippen molar-refractivity contribution in [3.8, 4) is 33.8 Å². The van der Waals surface area contributed by atoms with Crippen molar-refractivity contribution in [3.63, 3.8) is 0 Å². The van der Waals surface area contributed by atoms with Gasteiger partial charge >= 0.3 is 11.9 Å². The fourth-order valence-corrected chi connectivity index (χ4v) is 7.59. The molecule has 6 aromatic rings. The third-order valence-electron chi connectivity index (χ3n) is 7.90. The van der Waals surface area contributed by atoms with Gasteiger partial charge in [-0.15, -0.1) is 0 Å². The summed E-state index contributed by atoms with van der Waals surface area (Å²) in [5.74, 6) is -0.265. The van der Waals surface area contributed by atoms with Crippen molar-refractivity contribution in [2.45, 2.75) is 9.79 Å². The standard InChI is InChI=1S/C36H24O7S/c1-41-35(37)23-7-3-21(4-8-23)25-11-15-29-27(19-25)13-17-31-33(29)44(39,40)34-30-16-12-26(20-28(30)14-18-32(34)43-31)22-5-9-24(10-6-22)36(38)42-2/h3-20H,1-2H3. The summed E-state index contributed by atoms with van der Waals surface area (Å²) in [4.78, 5) is 23.9. The summed E-state index contributed by atoms with van der Waals surface area (Å²) in [5, 5.41) is 2.60. The van der Waals surface area contributed by atoms with Crippen LogP contribution in [-0.2, 0) is 19.3 Å². The molecule has 0 aliphatic carbocycles. The van der Waals surface area contributed by atoms with Crippen LogP contribution < -0.4 is 4.74 Å². The Bertz CT molecular complexity index is 2100. The molecule has 1 heterocycles. The lowest BCUT2D eigenvalue weighted by molar-refractivity contribution is 0.0592. The third-order valence-corrected chi connectivity index (χ3v) is 9.82. The second kappa shape index (κ2) is 10.4. The van der Waals surface area contributed by atoms with Crippen LogP contribution >= 0.6 is 0 Å². The first-order valence-electron chi connectivity index (χ1n) is 13.7. The number of carbonyl (C=O) groups is 2. The SMILES string of the molecule is COC(=O)c1ccc(-c2ccc3c4c(ccc3c2)Oc2ccc3cc(-c5ccc(C(=O)OC)cc5)ccc3c2S4(=O)=O)cc1. The van der Waals surface area contributed by atoms with Crippen LogP contribution in [-0.4, -0.2) is 34.6 Å². The molecule has 0 fully saturated rings. The molecule has 0 amide bonds. The van der Waals surface area contributed by atoms with Gasteiger partial charge in [0.1, 0.15) is 21.3 Å². The Morgan fingerprint density at radius 1 is 0.523 bits per heavy atom. The van der Waals surface area contributed by atoms with Gasteiger partial charge in [0.2, 0.25) is 9.84 Å². The van der Waals surface area contributed by atoms with E-state index in [-0.39, 0.29) is 21.3 Å². The molecule has 7 nitrogen and oxygen atoms in total. The first-order chi connectivity index (χ1) is 21.3. The van der Waals surface area contributed by atoms with Crippen LogP contribution in [0.1, 0.15) is 20.7 Å². The molecule has 44 heavy (non-hydrogen) atoms. The van der Waals surface area contributed by atoms with E-state index in [0.717, 1.165) is 33.0 Å². The van der Waals surface area contributed by atoms with Crippen molar-refractivity contribution >= 4 is 43.3 Å². The molecule has 0 saturated carbocycles. The number of esters is 2. The Kier molecular flexibility index (Phi) is 6.44. The fraction of sp³-hybridized carbons (Fsp3) is 0.0556. The van der Waals surface area contributed by atoms with Crippen molar-refractivity contribution in [1.82, 2.24) is 0 Å². The Hall–Kier alpha value is -5.47. The molecule has 0 unspecified atom stereocenters. The van der Waals surface area contributed by atoms with Gasteiger partial charge in [-0.2, -0.15) is 0 Å². The number of hydrogen-bond donors (Lipinski definition) is 0. The summed E-state index contributed by atoms with van der Waals surface area (Å²) in [5.41, 5.74) is 4.40. The van der Waals surface area contributed by atoms with Gasteiger partial charge in [-0.1, -0.05) is 60.7 Å². The van der Waals surface area contributed by atoms with Gasteiger partial charge < -0.3 is 14.2 Å². The predicted octanol–water partition coefficient (Wildman–Crippen LogP) is 7.84. The fourth-order valence-electron chi connectivity index (χ4n) is 5.69. The Morgan fingerprint density at radius 3 is 1.30 bits per heavy atom. The van der Waals surface area contributed by atoms with Crippen molar-refractivity contribution < 1.29 is 32.2 Å². The maximum Gasteiger partial charge on any atom is 0.337 e. The number of rotatable bonds is 4. The molecule has 1 aliphatic heterocycles. The monoisotopic (exact) mass is 600 g/mol. The topological polar surface area (TPSA) is 96.0 Å². The van der Waals surface area contributed by atoms with Crippen LogP contribution in [0.4, 0.5) is 0 Å². The number of ether oxygens (including phenoxy) is 3.